The van der Waals surface area contributed by atoms with Gasteiger partial charge in [-0.15, -0.1) is 11.8 Å². The smallest absolute Gasteiger partial charge is 0.254 e. The zero-order valence-electron chi connectivity index (χ0n) is 15.9. The minimum atomic E-state index is -0.0717. The van der Waals surface area contributed by atoms with Gasteiger partial charge in [-0.1, -0.05) is 0 Å². The Labute approximate surface area is 168 Å². The second-order valence-electron chi connectivity index (χ2n) is 6.81. The van der Waals surface area contributed by atoms with Crippen LogP contribution in [0.4, 0.5) is 5.69 Å². The Kier molecular flexibility index (Phi) is 5.17. The number of fused-ring (bicyclic) bond motifs is 1. The van der Waals surface area contributed by atoms with Crippen LogP contribution in [0.2, 0.25) is 0 Å². The number of nitrogens with zero attached hydrogens (tertiary/aromatic N) is 1. The third-order valence-corrected chi connectivity index (χ3v) is 6.24. The summed E-state index contributed by atoms with van der Waals surface area (Å²) in [5, 5.41) is 2.85. The van der Waals surface area contributed by atoms with Gasteiger partial charge in [0.1, 0.15) is 11.5 Å². The van der Waals surface area contributed by atoms with Crippen molar-refractivity contribution in [2.75, 3.05) is 31.8 Å². The van der Waals surface area contributed by atoms with Gasteiger partial charge in [-0.2, -0.15) is 0 Å². The molecule has 2 amide bonds. The monoisotopic (exact) mass is 398 g/mol. The lowest BCUT2D eigenvalue weighted by molar-refractivity contribution is -0.113. The second-order valence-corrected chi connectivity index (χ2v) is 7.83. The van der Waals surface area contributed by atoms with Crippen molar-refractivity contribution in [3.63, 3.8) is 0 Å². The number of methoxy groups -OCH3 is 2. The lowest BCUT2D eigenvalue weighted by Crippen LogP contribution is -2.31. The quantitative estimate of drug-likeness (QED) is 0.850. The molecule has 1 fully saturated rings. The molecule has 2 heterocycles. The molecule has 0 aliphatic carbocycles. The number of carbonyl (C=O) groups is 2. The predicted molar refractivity (Wildman–Crippen MR) is 108 cm³/mol. The summed E-state index contributed by atoms with van der Waals surface area (Å²) in [6.07, 6.45) is 1.79. The molecule has 0 bridgehead atoms. The van der Waals surface area contributed by atoms with Crippen molar-refractivity contribution >= 4 is 29.3 Å². The zero-order chi connectivity index (χ0) is 19.7. The molecule has 2 aromatic rings. The number of anilines is 1. The first-order valence-electron chi connectivity index (χ1n) is 9.20. The molecule has 28 heavy (non-hydrogen) atoms. The van der Waals surface area contributed by atoms with Crippen molar-refractivity contribution in [2.24, 2.45) is 0 Å². The minimum absolute atomic E-state index is 0.0396. The van der Waals surface area contributed by atoms with E-state index in [0.717, 1.165) is 34.8 Å². The molecule has 0 radical (unpaired) electrons. The molecule has 4 rings (SSSR count). The number of hydrogen-bond acceptors (Lipinski definition) is 5. The highest BCUT2D eigenvalue weighted by Crippen LogP contribution is 2.40. The van der Waals surface area contributed by atoms with Crippen LogP contribution in [0.1, 0.15) is 34.8 Å². The predicted octanol–water partition coefficient (Wildman–Crippen LogP) is 3.73. The number of hydrogen-bond donors (Lipinski definition) is 1. The fourth-order valence-corrected chi connectivity index (χ4v) is 4.60. The van der Waals surface area contributed by atoms with Crippen LogP contribution in [-0.4, -0.2) is 43.2 Å². The van der Waals surface area contributed by atoms with Crippen molar-refractivity contribution in [3.05, 3.63) is 47.5 Å². The van der Waals surface area contributed by atoms with Gasteiger partial charge in [0.05, 0.1) is 31.7 Å². The summed E-state index contributed by atoms with van der Waals surface area (Å²) >= 11 is 1.49. The maximum atomic E-state index is 13.3. The van der Waals surface area contributed by atoms with Gasteiger partial charge in [0.25, 0.3) is 5.91 Å². The van der Waals surface area contributed by atoms with E-state index < -0.39 is 0 Å². The van der Waals surface area contributed by atoms with Gasteiger partial charge < -0.3 is 19.7 Å². The average Bonchev–Trinajstić information content (AvgIpc) is 3.21. The van der Waals surface area contributed by atoms with Crippen molar-refractivity contribution in [1.82, 2.24) is 4.90 Å². The molecule has 1 atom stereocenters. The van der Waals surface area contributed by atoms with Gasteiger partial charge in [-0.3, -0.25) is 9.59 Å². The molecule has 2 aliphatic rings. The molecule has 0 aromatic heterocycles. The van der Waals surface area contributed by atoms with E-state index in [0.29, 0.717) is 23.5 Å². The van der Waals surface area contributed by atoms with Gasteiger partial charge >= 0.3 is 0 Å². The number of likely N-dealkylation sites (tertiary alicyclic amines) is 1. The number of rotatable bonds is 4. The Bertz CT molecular complexity index is 931. The van der Waals surface area contributed by atoms with Gasteiger partial charge in [0, 0.05) is 22.6 Å². The van der Waals surface area contributed by atoms with Gasteiger partial charge in [0.2, 0.25) is 5.91 Å². The van der Waals surface area contributed by atoms with E-state index in [4.69, 9.17) is 9.47 Å². The molecule has 1 saturated heterocycles. The zero-order valence-corrected chi connectivity index (χ0v) is 16.7. The molecule has 146 valence electrons. The van der Waals surface area contributed by atoms with Gasteiger partial charge in [0.15, 0.2) is 0 Å². The maximum Gasteiger partial charge on any atom is 0.254 e. The van der Waals surface area contributed by atoms with E-state index in [-0.39, 0.29) is 17.9 Å². The summed E-state index contributed by atoms with van der Waals surface area (Å²) in [5.74, 6) is 1.81. The molecular formula is C21H22N2O4S. The van der Waals surface area contributed by atoms with Crippen LogP contribution in [0.25, 0.3) is 0 Å². The summed E-state index contributed by atoms with van der Waals surface area (Å²) in [4.78, 5) is 27.8. The van der Waals surface area contributed by atoms with E-state index in [1.54, 1.807) is 20.3 Å². The average molecular weight is 398 g/mol. The number of carbonyl (C=O) groups excluding carboxylic acids is 2. The van der Waals surface area contributed by atoms with Crippen LogP contribution in [-0.2, 0) is 4.79 Å². The molecule has 1 N–H and O–H groups in total. The number of thioether (sulfide) groups is 1. The third kappa shape index (κ3) is 3.42. The molecule has 0 saturated carbocycles. The van der Waals surface area contributed by atoms with Crippen molar-refractivity contribution in [1.29, 1.82) is 0 Å². The van der Waals surface area contributed by atoms with Gasteiger partial charge in [-0.25, -0.2) is 0 Å². The Morgan fingerprint density at radius 3 is 2.82 bits per heavy atom. The van der Waals surface area contributed by atoms with E-state index in [1.165, 1.54) is 11.8 Å². The highest BCUT2D eigenvalue weighted by molar-refractivity contribution is 8.00. The van der Waals surface area contributed by atoms with Crippen LogP contribution in [0.5, 0.6) is 11.5 Å². The normalized spacial score (nSPS) is 18.4. The summed E-state index contributed by atoms with van der Waals surface area (Å²) < 4.78 is 10.9. The van der Waals surface area contributed by atoms with Crippen molar-refractivity contribution in [2.45, 2.75) is 23.8 Å². The van der Waals surface area contributed by atoms with Crippen LogP contribution < -0.4 is 14.8 Å². The first kappa shape index (κ1) is 18.7. The van der Waals surface area contributed by atoms with Crippen LogP contribution in [0, 0.1) is 0 Å². The van der Waals surface area contributed by atoms with Crippen LogP contribution in [0.15, 0.2) is 41.3 Å². The topological polar surface area (TPSA) is 67.9 Å². The van der Waals surface area contributed by atoms with Crippen LogP contribution >= 0.6 is 11.8 Å². The fraction of sp³-hybridized carbons (Fsp3) is 0.333. The Balaban J connectivity index is 1.65. The van der Waals surface area contributed by atoms with E-state index >= 15 is 0 Å². The molecule has 2 aromatic carbocycles. The summed E-state index contributed by atoms with van der Waals surface area (Å²) in [5.41, 5.74) is 2.24. The van der Waals surface area contributed by atoms with Crippen molar-refractivity contribution in [3.8, 4) is 11.5 Å². The van der Waals surface area contributed by atoms with Crippen LogP contribution in [0.3, 0.4) is 0 Å². The molecule has 0 unspecified atom stereocenters. The Morgan fingerprint density at radius 2 is 2.04 bits per heavy atom. The maximum absolute atomic E-state index is 13.3. The second kappa shape index (κ2) is 7.75. The highest BCUT2D eigenvalue weighted by Gasteiger charge is 2.33. The first-order valence-corrected chi connectivity index (χ1v) is 10.2. The number of nitrogens with one attached hydrogen (secondary N) is 1. The number of ether oxygens (including phenoxy) is 2. The minimum Gasteiger partial charge on any atom is -0.497 e. The largest absolute Gasteiger partial charge is 0.497 e. The highest BCUT2D eigenvalue weighted by atomic mass is 32.2. The van der Waals surface area contributed by atoms with E-state index in [9.17, 15) is 9.59 Å². The lowest BCUT2D eigenvalue weighted by Gasteiger charge is -2.27. The van der Waals surface area contributed by atoms with E-state index in [2.05, 4.69) is 5.32 Å². The Hall–Kier alpha value is -2.67. The summed E-state index contributed by atoms with van der Waals surface area (Å²) in [6.45, 7) is 0.683. The fourth-order valence-electron chi connectivity index (χ4n) is 3.81. The third-order valence-electron chi connectivity index (χ3n) is 5.17. The molecule has 6 nitrogen and oxygen atoms in total. The van der Waals surface area contributed by atoms with E-state index in [1.807, 2.05) is 35.2 Å². The number of amides is 2. The van der Waals surface area contributed by atoms with Gasteiger partial charge in [-0.05, 0) is 49.2 Å². The molecule has 7 heteroatoms. The van der Waals surface area contributed by atoms with Crippen molar-refractivity contribution < 1.29 is 19.1 Å². The SMILES string of the molecule is COc1ccc(OC)c([C@@H]2CCCN2C(=O)c2ccc3c(c2)NC(=O)CS3)c1. The number of benzene rings is 2. The Morgan fingerprint density at radius 1 is 1.18 bits per heavy atom. The summed E-state index contributed by atoms with van der Waals surface area (Å²) in [6, 6.07) is 11.1. The lowest BCUT2D eigenvalue weighted by atomic mass is 10.0. The molecule has 0 spiro atoms. The molecular weight excluding hydrogens is 376 g/mol. The first-order chi connectivity index (χ1) is 13.6. The standard InChI is InChI=1S/C21H22N2O4S/c1-26-14-6-7-18(27-2)15(11-14)17-4-3-9-23(17)21(25)13-5-8-19-16(10-13)22-20(24)12-28-19/h5-8,10-11,17H,3-4,9,12H2,1-2H3,(H,22,24)/t17-/m0/s1. The summed E-state index contributed by atoms with van der Waals surface area (Å²) in [7, 11) is 3.26. The molecule has 2 aliphatic heterocycles.